The number of nitrogens with zero attached hydrogens (tertiary/aromatic N) is 1. The van der Waals surface area contributed by atoms with Crippen LogP contribution >= 0.6 is 0 Å². The zero-order chi connectivity index (χ0) is 10.1. The molecule has 2 nitrogen and oxygen atoms in total. The van der Waals surface area contributed by atoms with Crippen molar-refractivity contribution in [1.29, 1.82) is 0 Å². The smallest absolute Gasteiger partial charge is 0.0354 e. The van der Waals surface area contributed by atoms with Gasteiger partial charge in [-0.1, -0.05) is 12.1 Å². The molecule has 0 bridgehead atoms. The van der Waals surface area contributed by atoms with E-state index in [1.165, 1.54) is 36.9 Å². The van der Waals surface area contributed by atoms with Crippen molar-refractivity contribution in [3.05, 3.63) is 36.2 Å². The molecule has 2 aliphatic rings. The lowest BCUT2D eigenvalue weighted by Gasteiger charge is -2.29. The molecule has 0 spiro atoms. The van der Waals surface area contributed by atoms with E-state index in [1.54, 1.807) is 0 Å². The van der Waals surface area contributed by atoms with Crippen molar-refractivity contribution in [2.45, 2.75) is 25.3 Å². The lowest BCUT2D eigenvalue weighted by Crippen LogP contribution is -2.39. The van der Waals surface area contributed by atoms with Crippen LogP contribution in [-0.4, -0.2) is 17.6 Å². The highest BCUT2D eigenvalue weighted by atomic mass is 14.9. The molecule has 0 amide bonds. The number of rotatable bonds is 1. The van der Waals surface area contributed by atoms with E-state index < -0.39 is 0 Å². The summed E-state index contributed by atoms with van der Waals surface area (Å²) in [5, 5.41) is 3.63. The number of pyridine rings is 1. The molecule has 3 rings (SSSR count). The molecule has 78 valence electrons. The van der Waals surface area contributed by atoms with Crippen molar-refractivity contribution in [2.24, 2.45) is 5.92 Å². The van der Waals surface area contributed by atoms with Gasteiger partial charge in [0.05, 0.1) is 0 Å². The minimum atomic E-state index is 0.586. The number of fused-ring (bicyclic) bond motifs is 1. The van der Waals surface area contributed by atoms with Crippen LogP contribution in [0.15, 0.2) is 30.6 Å². The van der Waals surface area contributed by atoms with Gasteiger partial charge < -0.3 is 5.32 Å². The number of aromatic nitrogens is 1. The first kappa shape index (κ1) is 9.10. The van der Waals surface area contributed by atoms with Crippen LogP contribution in [0.25, 0.3) is 5.57 Å². The molecular formula is C13H16N2. The number of hydrogen-bond donors (Lipinski definition) is 1. The highest BCUT2D eigenvalue weighted by Crippen LogP contribution is 2.36. The molecule has 1 aromatic heterocycles. The molecule has 1 saturated heterocycles. The minimum absolute atomic E-state index is 0.586. The van der Waals surface area contributed by atoms with E-state index in [0.29, 0.717) is 6.04 Å². The normalized spacial score (nSPS) is 29.7. The Hall–Kier alpha value is -1.15. The van der Waals surface area contributed by atoms with Crippen molar-refractivity contribution in [3.63, 3.8) is 0 Å². The SMILES string of the molecule is C1=C(c2cccnc2)[C@@H]2NCCC[C@@H]2C1. The first-order chi connectivity index (χ1) is 7.45. The fraction of sp³-hybridized carbons (Fsp3) is 0.462. The van der Waals surface area contributed by atoms with Crippen LogP contribution in [-0.2, 0) is 0 Å². The predicted octanol–water partition coefficient (Wildman–Crippen LogP) is 2.24. The fourth-order valence-corrected chi connectivity index (χ4v) is 2.81. The monoisotopic (exact) mass is 200 g/mol. The van der Waals surface area contributed by atoms with E-state index in [0.717, 1.165) is 5.92 Å². The third kappa shape index (κ3) is 1.59. The largest absolute Gasteiger partial charge is 0.310 e. The van der Waals surface area contributed by atoms with Gasteiger partial charge in [-0.25, -0.2) is 0 Å². The number of hydrogen-bond acceptors (Lipinski definition) is 2. The molecule has 2 heterocycles. The van der Waals surface area contributed by atoms with Gasteiger partial charge in [0.25, 0.3) is 0 Å². The first-order valence-electron chi connectivity index (χ1n) is 5.79. The van der Waals surface area contributed by atoms with Gasteiger partial charge in [-0.3, -0.25) is 4.98 Å². The average molecular weight is 200 g/mol. The Balaban J connectivity index is 1.88. The maximum Gasteiger partial charge on any atom is 0.0354 e. The molecule has 2 atom stereocenters. The first-order valence-corrected chi connectivity index (χ1v) is 5.79. The molecule has 1 fully saturated rings. The molecule has 0 radical (unpaired) electrons. The summed E-state index contributed by atoms with van der Waals surface area (Å²) in [6.45, 7) is 1.17. The van der Waals surface area contributed by atoms with Gasteiger partial charge in [-0.2, -0.15) is 0 Å². The minimum Gasteiger partial charge on any atom is -0.310 e. The van der Waals surface area contributed by atoms with Crippen molar-refractivity contribution in [1.82, 2.24) is 10.3 Å². The van der Waals surface area contributed by atoms with Gasteiger partial charge in [0.1, 0.15) is 0 Å². The van der Waals surface area contributed by atoms with Crippen molar-refractivity contribution in [2.75, 3.05) is 6.54 Å². The summed E-state index contributed by atoms with van der Waals surface area (Å²) in [6.07, 6.45) is 10.1. The molecule has 1 N–H and O–H groups in total. The third-order valence-corrected chi connectivity index (χ3v) is 3.56. The topological polar surface area (TPSA) is 24.9 Å². The highest BCUT2D eigenvalue weighted by Gasteiger charge is 2.31. The summed E-state index contributed by atoms with van der Waals surface area (Å²) in [7, 11) is 0. The Bertz CT molecular complexity index is 369. The maximum atomic E-state index is 4.20. The quantitative estimate of drug-likeness (QED) is 0.752. The van der Waals surface area contributed by atoms with Gasteiger partial charge in [0.2, 0.25) is 0 Å². The van der Waals surface area contributed by atoms with Crippen molar-refractivity contribution >= 4 is 5.57 Å². The Morgan fingerprint density at radius 1 is 1.40 bits per heavy atom. The second kappa shape index (κ2) is 3.78. The zero-order valence-corrected chi connectivity index (χ0v) is 8.82. The van der Waals surface area contributed by atoms with E-state index in [2.05, 4.69) is 22.4 Å². The van der Waals surface area contributed by atoms with Gasteiger partial charge in [0, 0.05) is 18.4 Å². The van der Waals surface area contributed by atoms with E-state index in [4.69, 9.17) is 0 Å². The fourth-order valence-electron chi connectivity index (χ4n) is 2.81. The molecule has 0 saturated carbocycles. The number of piperidine rings is 1. The summed E-state index contributed by atoms with van der Waals surface area (Å²) in [5.74, 6) is 0.828. The van der Waals surface area contributed by atoms with Gasteiger partial charge in [-0.05, 0) is 48.9 Å². The summed E-state index contributed by atoms with van der Waals surface area (Å²) in [4.78, 5) is 4.20. The van der Waals surface area contributed by atoms with Crippen LogP contribution in [0.1, 0.15) is 24.8 Å². The van der Waals surface area contributed by atoms with E-state index >= 15 is 0 Å². The van der Waals surface area contributed by atoms with Crippen LogP contribution in [0, 0.1) is 5.92 Å². The summed E-state index contributed by atoms with van der Waals surface area (Å²) in [5.41, 5.74) is 2.76. The van der Waals surface area contributed by atoms with Crippen LogP contribution in [0.5, 0.6) is 0 Å². The maximum absolute atomic E-state index is 4.20. The Kier molecular flexibility index (Phi) is 2.29. The van der Waals surface area contributed by atoms with E-state index in [-0.39, 0.29) is 0 Å². The van der Waals surface area contributed by atoms with Crippen LogP contribution in [0.2, 0.25) is 0 Å². The van der Waals surface area contributed by atoms with Crippen LogP contribution in [0.3, 0.4) is 0 Å². The highest BCUT2D eigenvalue weighted by molar-refractivity contribution is 5.71. The van der Waals surface area contributed by atoms with E-state index in [9.17, 15) is 0 Å². The number of allylic oxidation sites excluding steroid dienone is 1. The Labute approximate surface area is 90.4 Å². The second-order valence-corrected chi connectivity index (χ2v) is 4.47. The summed E-state index contributed by atoms with van der Waals surface area (Å²) >= 11 is 0. The summed E-state index contributed by atoms with van der Waals surface area (Å²) in [6, 6.07) is 4.77. The molecular weight excluding hydrogens is 184 g/mol. The molecule has 1 aromatic rings. The lowest BCUT2D eigenvalue weighted by atomic mass is 9.89. The molecule has 0 unspecified atom stereocenters. The average Bonchev–Trinajstić information content (AvgIpc) is 2.74. The molecule has 1 aliphatic carbocycles. The predicted molar refractivity (Wildman–Crippen MR) is 61.3 cm³/mol. The van der Waals surface area contributed by atoms with Crippen LogP contribution in [0.4, 0.5) is 0 Å². The van der Waals surface area contributed by atoms with E-state index in [1.807, 2.05) is 18.5 Å². The number of nitrogens with one attached hydrogen (secondary N) is 1. The van der Waals surface area contributed by atoms with Gasteiger partial charge >= 0.3 is 0 Å². The molecule has 2 heteroatoms. The third-order valence-electron chi connectivity index (χ3n) is 3.56. The molecule has 1 aliphatic heterocycles. The van der Waals surface area contributed by atoms with Crippen molar-refractivity contribution < 1.29 is 0 Å². The molecule has 0 aromatic carbocycles. The summed E-state index contributed by atoms with van der Waals surface area (Å²) < 4.78 is 0. The Morgan fingerprint density at radius 3 is 3.27 bits per heavy atom. The van der Waals surface area contributed by atoms with Crippen molar-refractivity contribution in [3.8, 4) is 0 Å². The second-order valence-electron chi connectivity index (χ2n) is 4.47. The zero-order valence-electron chi connectivity index (χ0n) is 8.82. The standard InChI is InChI=1S/C13H16N2/c1-4-11(9-14-7-1)12-6-5-10-3-2-8-15-13(10)12/h1,4,6-7,9-10,13,15H,2-3,5,8H2/t10-,13-/m1/s1. The lowest BCUT2D eigenvalue weighted by molar-refractivity contribution is 0.346. The molecule has 15 heavy (non-hydrogen) atoms. The van der Waals surface area contributed by atoms with Gasteiger partial charge in [0.15, 0.2) is 0 Å². The Morgan fingerprint density at radius 2 is 2.40 bits per heavy atom. The van der Waals surface area contributed by atoms with Crippen LogP contribution < -0.4 is 5.32 Å². The van der Waals surface area contributed by atoms with Gasteiger partial charge in [-0.15, -0.1) is 0 Å².